The number of carbonyl (C=O) groups is 2. The van der Waals surface area contributed by atoms with Crippen LogP contribution in [0.5, 0.6) is 0 Å². The first-order valence-electron chi connectivity index (χ1n) is 8.95. The Morgan fingerprint density at radius 3 is 2.33 bits per heavy atom. The first-order chi connectivity index (χ1) is 11.6. The first-order valence-corrected chi connectivity index (χ1v) is 8.95. The van der Waals surface area contributed by atoms with Crippen molar-refractivity contribution in [2.24, 2.45) is 5.92 Å². The van der Waals surface area contributed by atoms with Crippen LogP contribution < -0.4 is 5.32 Å². The molecular weight excluding hydrogens is 302 g/mol. The molecule has 0 aliphatic carbocycles. The lowest BCUT2D eigenvalue weighted by atomic mass is 9.99. The second kappa shape index (κ2) is 7.34. The number of benzene rings is 1. The van der Waals surface area contributed by atoms with Gasteiger partial charge in [0.25, 0.3) is 5.91 Å². The van der Waals surface area contributed by atoms with E-state index in [0.29, 0.717) is 11.6 Å². The quantitative estimate of drug-likeness (QED) is 0.915. The van der Waals surface area contributed by atoms with Crippen LogP contribution in [-0.2, 0) is 4.79 Å². The van der Waals surface area contributed by atoms with Gasteiger partial charge in [0.05, 0.1) is 0 Å². The number of piperidine rings is 1. The van der Waals surface area contributed by atoms with E-state index in [1.807, 2.05) is 36.9 Å². The molecule has 3 saturated heterocycles. The average Bonchev–Trinajstić information content (AvgIpc) is 2.93. The maximum absolute atomic E-state index is 13.1. The van der Waals surface area contributed by atoms with Gasteiger partial charge in [-0.3, -0.25) is 9.59 Å². The summed E-state index contributed by atoms with van der Waals surface area (Å²) in [5, 5.41) is 2.96. The second-order valence-corrected chi connectivity index (χ2v) is 7.17. The third-order valence-corrected chi connectivity index (χ3v) is 5.19. The third-order valence-electron chi connectivity index (χ3n) is 5.19. The number of amides is 2. The van der Waals surface area contributed by atoms with Gasteiger partial charge in [0.2, 0.25) is 5.91 Å². The van der Waals surface area contributed by atoms with Gasteiger partial charge in [-0.2, -0.15) is 0 Å². The number of hydrogen-bond acceptors (Lipinski definition) is 3. The maximum atomic E-state index is 13.1. The van der Waals surface area contributed by atoms with Crippen molar-refractivity contribution in [2.75, 3.05) is 26.2 Å². The van der Waals surface area contributed by atoms with Gasteiger partial charge < -0.3 is 15.1 Å². The van der Waals surface area contributed by atoms with E-state index in [-0.39, 0.29) is 17.7 Å². The van der Waals surface area contributed by atoms with Gasteiger partial charge >= 0.3 is 0 Å². The highest BCUT2D eigenvalue weighted by Gasteiger charge is 2.36. The third kappa shape index (κ3) is 3.61. The number of hydrogen-bond donors (Lipinski definition) is 1. The number of rotatable bonds is 4. The van der Waals surface area contributed by atoms with Crippen LogP contribution in [-0.4, -0.2) is 59.9 Å². The van der Waals surface area contributed by atoms with Gasteiger partial charge in [0.15, 0.2) is 0 Å². The lowest BCUT2D eigenvalue weighted by Gasteiger charge is -2.35. The zero-order chi connectivity index (χ0) is 17.1. The molecule has 130 valence electrons. The number of nitrogens with one attached hydrogen (secondary N) is 1. The Morgan fingerprint density at radius 1 is 1.04 bits per heavy atom. The molecule has 2 amide bonds. The molecule has 3 aliphatic rings. The number of nitrogens with zero attached hydrogens (tertiary/aromatic N) is 2. The molecule has 0 spiro atoms. The molecule has 1 aromatic carbocycles. The summed E-state index contributed by atoms with van der Waals surface area (Å²) in [5.74, 6) is -0.0422. The summed E-state index contributed by atoms with van der Waals surface area (Å²) < 4.78 is 0. The number of fused-ring (bicyclic) bond motifs is 4. The molecule has 0 saturated carbocycles. The van der Waals surface area contributed by atoms with E-state index in [2.05, 4.69) is 10.2 Å². The van der Waals surface area contributed by atoms with Crippen molar-refractivity contribution >= 4 is 11.8 Å². The van der Waals surface area contributed by atoms with Crippen molar-refractivity contribution in [1.29, 1.82) is 0 Å². The average molecular weight is 329 g/mol. The molecule has 4 rings (SSSR count). The van der Waals surface area contributed by atoms with E-state index in [1.165, 1.54) is 0 Å². The fourth-order valence-electron chi connectivity index (χ4n) is 3.68. The van der Waals surface area contributed by atoms with Crippen LogP contribution in [0.3, 0.4) is 0 Å². The predicted molar refractivity (Wildman–Crippen MR) is 93.7 cm³/mol. The van der Waals surface area contributed by atoms with Gasteiger partial charge in [-0.15, -0.1) is 0 Å². The smallest absolute Gasteiger partial charge is 0.251 e. The number of carbonyl (C=O) groups excluding carboxylic acids is 2. The van der Waals surface area contributed by atoms with Crippen LogP contribution >= 0.6 is 0 Å². The molecule has 3 aliphatic heterocycles. The van der Waals surface area contributed by atoms with Crippen LogP contribution in [0.2, 0.25) is 0 Å². The van der Waals surface area contributed by atoms with Crippen molar-refractivity contribution in [2.45, 2.75) is 38.8 Å². The highest BCUT2D eigenvalue weighted by molar-refractivity contribution is 5.97. The second-order valence-electron chi connectivity index (χ2n) is 7.17. The molecule has 1 atom stereocenters. The summed E-state index contributed by atoms with van der Waals surface area (Å²) in [7, 11) is 0. The van der Waals surface area contributed by atoms with E-state index in [1.54, 1.807) is 12.1 Å². The summed E-state index contributed by atoms with van der Waals surface area (Å²) in [6.07, 6.45) is 2.09. The molecule has 1 N–H and O–H groups in total. The molecule has 5 heteroatoms. The van der Waals surface area contributed by atoms with Gasteiger partial charge in [-0.1, -0.05) is 32.0 Å². The lowest BCUT2D eigenvalue weighted by Crippen LogP contribution is -2.54. The Hall–Kier alpha value is -1.88. The molecule has 5 nitrogen and oxygen atoms in total. The normalized spacial score (nSPS) is 24.5. The summed E-state index contributed by atoms with van der Waals surface area (Å²) in [4.78, 5) is 30.1. The Bertz CT molecular complexity index is 580. The van der Waals surface area contributed by atoms with Crippen molar-refractivity contribution < 1.29 is 9.59 Å². The van der Waals surface area contributed by atoms with Crippen molar-refractivity contribution in [3.05, 3.63) is 35.9 Å². The highest BCUT2D eigenvalue weighted by Crippen LogP contribution is 2.22. The van der Waals surface area contributed by atoms with Crippen LogP contribution in [0.1, 0.15) is 37.0 Å². The Labute approximate surface area is 144 Å². The van der Waals surface area contributed by atoms with Gasteiger partial charge in [0, 0.05) is 37.8 Å². The summed E-state index contributed by atoms with van der Waals surface area (Å²) in [5.41, 5.74) is 0.596. The van der Waals surface area contributed by atoms with Gasteiger partial charge in [-0.25, -0.2) is 0 Å². The van der Waals surface area contributed by atoms with Crippen molar-refractivity contribution in [3.63, 3.8) is 0 Å². The fraction of sp³-hybridized carbons (Fsp3) is 0.579. The Kier molecular flexibility index (Phi) is 5.19. The molecule has 24 heavy (non-hydrogen) atoms. The molecule has 0 aromatic heterocycles. The SMILES string of the molecule is CC(C)C(NC(=O)c1ccccc1)C(=O)N1CCN2CCC1CC2. The van der Waals surface area contributed by atoms with E-state index in [0.717, 1.165) is 39.0 Å². The molecular formula is C19H27N3O2. The molecule has 0 radical (unpaired) electrons. The summed E-state index contributed by atoms with van der Waals surface area (Å²) in [6.45, 7) is 7.86. The molecule has 3 fully saturated rings. The molecule has 3 heterocycles. The minimum atomic E-state index is -0.468. The molecule has 1 unspecified atom stereocenters. The Morgan fingerprint density at radius 2 is 1.71 bits per heavy atom. The summed E-state index contributed by atoms with van der Waals surface area (Å²) >= 11 is 0. The van der Waals surface area contributed by atoms with Crippen molar-refractivity contribution in [1.82, 2.24) is 15.1 Å². The lowest BCUT2D eigenvalue weighted by molar-refractivity contribution is -0.136. The summed E-state index contributed by atoms with van der Waals surface area (Å²) in [6, 6.07) is 8.96. The fourth-order valence-corrected chi connectivity index (χ4v) is 3.68. The van der Waals surface area contributed by atoms with E-state index >= 15 is 0 Å². The van der Waals surface area contributed by atoms with Crippen molar-refractivity contribution in [3.8, 4) is 0 Å². The molecule has 2 bridgehead atoms. The minimum absolute atomic E-state index is 0.0610. The zero-order valence-corrected chi connectivity index (χ0v) is 14.6. The van der Waals surface area contributed by atoms with E-state index in [4.69, 9.17) is 0 Å². The minimum Gasteiger partial charge on any atom is -0.340 e. The van der Waals surface area contributed by atoms with E-state index < -0.39 is 6.04 Å². The monoisotopic (exact) mass is 329 g/mol. The molecule has 1 aromatic rings. The maximum Gasteiger partial charge on any atom is 0.251 e. The van der Waals surface area contributed by atoms with Gasteiger partial charge in [0.1, 0.15) is 6.04 Å². The zero-order valence-electron chi connectivity index (χ0n) is 14.6. The largest absolute Gasteiger partial charge is 0.340 e. The Balaban J connectivity index is 1.73. The van der Waals surface area contributed by atoms with Crippen LogP contribution in [0.4, 0.5) is 0 Å². The van der Waals surface area contributed by atoms with Crippen LogP contribution in [0.15, 0.2) is 30.3 Å². The van der Waals surface area contributed by atoms with Crippen LogP contribution in [0, 0.1) is 5.92 Å². The van der Waals surface area contributed by atoms with Gasteiger partial charge in [-0.05, 0) is 30.9 Å². The highest BCUT2D eigenvalue weighted by atomic mass is 16.2. The van der Waals surface area contributed by atoms with Crippen LogP contribution in [0.25, 0.3) is 0 Å². The first kappa shape index (κ1) is 17.0. The van der Waals surface area contributed by atoms with E-state index in [9.17, 15) is 9.59 Å². The topological polar surface area (TPSA) is 52.7 Å². The predicted octanol–water partition coefficient (Wildman–Crippen LogP) is 1.75. The standard InChI is InChI=1S/C19H27N3O2/c1-14(2)17(20-18(23)15-6-4-3-5-7-15)19(24)22-13-12-21-10-8-16(22)9-11-21/h3-7,14,16-17H,8-13H2,1-2H3,(H,20,23).